The average molecular weight is 461 g/mol. The minimum Gasteiger partial charge on any atom is -0.336 e. The van der Waals surface area contributed by atoms with Gasteiger partial charge in [-0.25, -0.2) is 8.42 Å². The fourth-order valence-corrected chi connectivity index (χ4v) is 5.87. The molecule has 1 aromatic heterocycles. The van der Waals surface area contributed by atoms with Gasteiger partial charge < -0.3 is 4.90 Å². The second-order valence-corrected chi connectivity index (χ2v) is 12.6. The zero-order valence-corrected chi connectivity index (χ0v) is 21.4. The highest BCUT2D eigenvalue weighted by Crippen LogP contribution is 2.31. The molecule has 0 radical (unpaired) electrons. The van der Waals surface area contributed by atoms with Crippen molar-refractivity contribution in [3.63, 3.8) is 0 Å². The Balaban J connectivity index is 1.76. The lowest BCUT2D eigenvalue weighted by atomic mass is 9.85. The number of aromatic nitrogens is 2. The Morgan fingerprint density at radius 3 is 1.91 bits per heavy atom. The zero-order chi connectivity index (χ0) is 24.1. The van der Waals surface area contributed by atoms with E-state index in [-0.39, 0.29) is 30.0 Å². The fraction of sp³-hybridized carbons (Fsp3) is 0.583. The van der Waals surface area contributed by atoms with Gasteiger partial charge in [0, 0.05) is 32.4 Å². The van der Waals surface area contributed by atoms with Gasteiger partial charge >= 0.3 is 0 Å². The molecule has 0 bridgehead atoms. The van der Waals surface area contributed by atoms with Crippen molar-refractivity contribution in [3.8, 4) is 0 Å². The number of aryl methyl sites for hydroxylation is 2. The van der Waals surface area contributed by atoms with Crippen LogP contribution in [0.5, 0.6) is 0 Å². The molecular formula is C24H36N4O3S. The third-order valence-electron chi connectivity index (χ3n) is 5.97. The van der Waals surface area contributed by atoms with Crippen LogP contribution in [0, 0.1) is 13.8 Å². The second-order valence-electron chi connectivity index (χ2n) is 10.7. The van der Waals surface area contributed by atoms with E-state index < -0.39 is 10.0 Å². The molecule has 32 heavy (non-hydrogen) atoms. The summed E-state index contributed by atoms with van der Waals surface area (Å²) in [6.07, 6.45) is 3.34. The summed E-state index contributed by atoms with van der Waals surface area (Å²) in [7, 11) is -3.64. The fourth-order valence-electron chi connectivity index (χ4n) is 4.03. The van der Waals surface area contributed by atoms with E-state index in [0.717, 1.165) is 16.7 Å². The first-order valence-corrected chi connectivity index (χ1v) is 12.5. The molecule has 7 nitrogen and oxygen atoms in total. The summed E-state index contributed by atoms with van der Waals surface area (Å²) in [5.74, 6) is -0.112. The lowest BCUT2D eigenvalue weighted by molar-refractivity contribution is 0.0697. The van der Waals surface area contributed by atoms with Crippen LogP contribution in [-0.2, 0) is 21.0 Å². The Labute approximate surface area is 192 Å². The van der Waals surface area contributed by atoms with E-state index >= 15 is 0 Å². The molecule has 0 saturated carbocycles. The number of nitrogens with zero attached hydrogens (tertiary/aromatic N) is 4. The molecule has 1 aliphatic rings. The molecule has 1 aromatic carbocycles. The van der Waals surface area contributed by atoms with Crippen molar-refractivity contribution in [2.45, 2.75) is 71.2 Å². The minimum absolute atomic E-state index is 0.0510. The highest BCUT2D eigenvalue weighted by molar-refractivity contribution is 7.89. The Hall–Kier alpha value is -2.19. The van der Waals surface area contributed by atoms with Crippen LogP contribution >= 0.6 is 0 Å². The summed E-state index contributed by atoms with van der Waals surface area (Å²) in [5, 5.41) is 4.30. The number of sulfonamides is 1. The molecule has 2 heterocycles. The molecular weight excluding hydrogens is 424 g/mol. The van der Waals surface area contributed by atoms with Gasteiger partial charge in [-0.1, -0.05) is 32.9 Å². The number of benzene rings is 1. The van der Waals surface area contributed by atoms with Crippen LogP contribution in [0.25, 0.3) is 0 Å². The topological polar surface area (TPSA) is 75.5 Å². The summed E-state index contributed by atoms with van der Waals surface area (Å²) in [6, 6.07) is 3.96. The van der Waals surface area contributed by atoms with E-state index in [0.29, 0.717) is 23.5 Å². The smallest absolute Gasteiger partial charge is 0.257 e. The molecule has 0 spiro atoms. The van der Waals surface area contributed by atoms with Gasteiger partial charge in [-0.3, -0.25) is 9.48 Å². The maximum Gasteiger partial charge on any atom is 0.257 e. The molecule has 0 N–H and O–H groups in total. The first-order valence-electron chi connectivity index (χ1n) is 11.1. The lowest BCUT2D eigenvalue weighted by Crippen LogP contribution is -2.50. The quantitative estimate of drug-likeness (QED) is 0.700. The highest BCUT2D eigenvalue weighted by Gasteiger charge is 2.33. The van der Waals surface area contributed by atoms with Gasteiger partial charge in [0.2, 0.25) is 10.0 Å². The molecule has 0 aliphatic carbocycles. The van der Waals surface area contributed by atoms with Crippen molar-refractivity contribution in [2.75, 3.05) is 26.2 Å². The molecule has 2 aromatic rings. The van der Waals surface area contributed by atoms with E-state index in [1.54, 1.807) is 22.0 Å². The van der Waals surface area contributed by atoms with Gasteiger partial charge in [-0.05, 0) is 56.7 Å². The van der Waals surface area contributed by atoms with Gasteiger partial charge in [-0.15, -0.1) is 0 Å². The Bertz CT molecular complexity index is 1090. The predicted octanol–water partition coefficient (Wildman–Crippen LogP) is 3.70. The standard InChI is InChI=1S/C24H36N4O3S/c1-17-13-20(23(3,4)5)14-18(2)21(17)32(30,31)27-11-9-26(10-12-27)22(29)19-15-25-28(16-19)24(6,7)8/h13-16H,9-12H2,1-8H3. The Kier molecular flexibility index (Phi) is 6.34. The number of carbonyl (C=O) groups is 1. The number of piperazine rings is 1. The second kappa shape index (κ2) is 8.30. The van der Waals surface area contributed by atoms with Gasteiger partial charge in [-0.2, -0.15) is 9.40 Å². The van der Waals surface area contributed by atoms with Crippen LogP contribution in [0.2, 0.25) is 0 Å². The van der Waals surface area contributed by atoms with E-state index in [1.165, 1.54) is 4.31 Å². The number of carbonyl (C=O) groups excluding carboxylic acids is 1. The summed E-state index contributed by atoms with van der Waals surface area (Å²) in [5.41, 5.74) is 2.93. The molecule has 1 saturated heterocycles. The Morgan fingerprint density at radius 2 is 1.47 bits per heavy atom. The summed E-state index contributed by atoms with van der Waals surface area (Å²) < 4.78 is 30.2. The predicted molar refractivity (Wildman–Crippen MR) is 127 cm³/mol. The van der Waals surface area contributed by atoms with Crippen LogP contribution in [0.15, 0.2) is 29.4 Å². The molecule has 8 heteroatoms. The normalized spacial score (nSPS) is 16.4. The van der Waals surface area contributed by atoms with Crippen molar-refractivity contribution in [1.82, 2.24) is 19.0 Å². The largest absolute Gasteiger partial charge is 0.336 e. The van der Waals surface area contributed by atoms with Crippen molar-refractivity contribution >= 4 is 15.9 Å². The SMILES string of the molecule is Cc1cc(C(C)(C)C)cc(C)c1S(=O)(=O)N1CCN(C(=O)c2cnn(C(C)(C)C)c2)CC1. The number of rotatable bonds is 3. The zero-order valence-electron chi connectivity index (χ0n) is 20.6. The van der Waals surface area contributed by atoms with Gasteiger partial charge in [0.15, 0.2) is 0 Å². The minimum atomic E-state index is -3.64. The van der Waals surface area contributed by atoms with E-state index in [4.69, 9.17) is 0 Å². The van der Waals surface area contributed by atoms with E-state index in [1.807, 2.05) is 46.8 Å². The maximum atomic E-state index is 13.5. The summed E-state index contributed by atoms with van der Waals surface area (Å²) in [6.45, 7) is 17.4. The summed E-state index contributed by atoms with van der Waals surface area (Å²) >= 11 is 0. The van der Waals surface area contributed by atoms with Crippen LogP contribution in [0.1, 0.15) is 68.6 Å². The highest BCUT2D eigenvalue weighted by atomic mass is 32.2. The van der Waals surface area contributed by atoms with Gasteiger partial charge in [0.05, 0.1) is 22.2 Å². The molecule has 1 fully saturated rings. The third-order valence-corrected chi connectivity index (χ3v) is 8.17. The van der Waals surface area contributed by atoms with Crippen molar-refractivity contribution in [2.24, 2.45) is 0 Å². The molecule has 0 unspecified atom stereocenters. The molecule has 3 rings (SSSR count). The number of amides is 1. The monoisotopic (exact) mass is 460 g/mol. The van der Waals surface area contributed by atoms with Crippen molar-refractivity contribution in [1.29, 1.82) is 0 Å². The third kappa shape index (κ3) is 4.76. The lowest BCUT2D eigenvalue weighted by Gasteiger charge is -2.34. The van der Waals surface area contributed by atoms with Gasteiger partial charge in [0.1, 0.15) is 0 Å². The molecule has 1 aliphatic heterocycles. The van der Waals surface area contributed by atoms with Crippen LogP contribution in [0.4, 0.5) is 0 Å². The summed E-state index contributed by atoms with van der Waals surface area (Å²) in [4.78, 5) is 15.0. The number of hydrogen-bond donors (Lipinski definition) is 0. The maximum absolute atomic E-state index is 13.5. The van der Waals surface area contributed by atoms with Crippen LogP contribution < -0.4 is 0 Å². The molecule has 0 atom stereocenters. The first kappa shape index (κ1) is 24.5. The van der Waals surface area contributed by atoms with Crippen LogP contribution in [-0.4, -0.2) is 59.5 Å². The number of hydrogen-bond acceptors (Lipinski definition) is 4. The van der Waals surface area contributed by atoms with E-state index in [2.05, 4.69) is 25.9 Å². The van der Waals surface area contributed by atoms with Crippen LogP contribution in [0.3, 0.4) is 0 Å². The van der Waals surface area contributed by atoms with Gasteiger partial charge in [0.25, 0.3) is 5.91 Å². The van der Waals surface area contributed by atoms with Crippen molar-refractivity contribution < 1.29 is 13.2 Å². The first-order chi connectivity index (χ1) is 14.6. The Morgan fingerprint density at radius 1 is 0.938 bits per heavy atom. The van der Waals surface area contributed by atoms with Crippen molar-refractivity contribution in [3.05, 3.63) is 46.8 Å². The average Bonchev–Trinajstić information content (AvgIpc) is 3.16. The van der Waals surface area contributed by atoms with E-state index in [9.17, 15) is 13.2 Å². The molecule has 176 valence electrons. The molecule has 1 amide bonds.